The second kappa shape index (κ2) is 13.4. The molecular formula is C52H36N2. The maximum atomic E-state index is 2.42. The van der Waals surface area contributed by atoms with E-state index in [0.717, 1.165) is 22.7 Å². The van der Waals surface area contributed by atoms with Gasteiger partial charge in [-0.3, -0.25) is 0 Å². The van der Waals surface area contributed by atoms with Gasteiger partial charge in [0.1, 0.15) is 0 Å². The van der Waals surface area contributed by atoms with Crippen LogP contribution in [0.25, 0.3) is 71.6 Å². The number of para-hydroxylation sites is 2. The number of aromatic nitrogens is 1. The van der Waals surface area contributed by atoms with Crippen LogP contribution in [0.1, 0.15) is 0 Å². The van der Waals surface area contributed by atoms with Crippen molar-refractivity contribution in [2.45, 2.75) is 0 Å². The molecule has 0 N–H and O–H groups in total. The van der Waals surface area contributed by atoms with Crippen LogP contribution in [-0.2, 0) is 0 Å². The zero-order valence-corrected chi connectivity index (χ0v) is 29.7. The highest BCUT2D eigenvalue weighted by Gasteiger charge is 2.22. The first kappa shape index (κ1) is 31.6. The summed E-state index contributed by atoms with van der Waals surface area (Å²) in [7, 11) is 0. The molecule has 1 aromatic heterocycles. The summed E-state index contributed by atoms with van der Waals surface area (Å²) in [6.07, 6.45) is 0. The fraction of sp³-hybridized carbons (Fsp3) is 0. The summed E-state index contributed by atoms with van der Waals surface area (Å²) in [5, 5.41) is 6.08. The molecule has 0 saturated carbocycles. The highest BCUT2D eigenvalue weighted by atomic mass is 15.1. The van der Waals surface area contributed by atoms with Crippen LogP contribution in [0.15, 0.2) is 218 Å². The third-order valence-corrected chi connectivity index (χ3v) is 10.5. The Hall–Kier alpha value is -7.16. The van der Waals surface area contributed by atoms with Crippen molar-refractivity contribution in [2.75, 3.05) is 4.90 Å². The Balaban J connectivity index is 1.13. The van der Waals surface area contributed by atoms with E-state index in [-0.39, 0.29) is 0 Å². The van der Waals surface area contributed by atoms with E-state index in [2.05, 4.69) is 228 Å². The molecule has 0 atom stereocenters. The lowest BCUT2D eigenvalue weighted by atomic mass is 9.95. The number of hydrogen-bond donors (Lipinski definition) is 0. The summed E-state index contributed by atoms with van der Waals surface area (Å²) in [5.41, 5.74) is 13.0. The highest BCUT2D eigenvalue weighted by molar-refractivity contribution is 6.07. The molecule has 0 aliphatic heterocycles. The summed E-state index contributed by atoms with van der Waals surface area (Å²) < 4.78 is 2.42. The molecule has 1 heterocycles. The second-order valence-corrected chi connectivity index (χ2v) is 13.8. The molecule has 0 unspecified atom stereocenters. The summed E-state index contributed by atoms with van der Waals surface area (Å²) in [4.78, 5) is 2.37. The maximum absolute atomic E-state index is 2.42. The summed E-state index contributed by atoms with van der Waals surface area (Å²) in [5.74, 6) is 0. The van der Waals surface area contributed by atoms with E-state index in [1.165, 1.54) is 66.0 Å². The first-order valence-corrected chi connectivity index (χ1v) is 18.5. The Morgan fingerprint density at radius 3 is 1.70 bits per heavy atom. The van der Waals surface area contributed by atoms with E-state index in [1.807, 2.05) is 0 Å². The molecule has 54 heavy (non-hydrogen) atoms. The van der Waals surface area contributed by atoms with Crippen LogP contribution in [0.3, 0.4) is 0 Å². The van der Waals surface area contributed by atoms with Crippen molar-refractivity contribution in [3.8, 4) is 39.2 Å². The fourth-order valence-electron chi connectivity index (χ4n) is 8.04. The van der Waals surface area contributed by atoms with Crippen LogP contribution in [0, 0.1) is 0 Å². The highest BCUT2D eigenvalue weighted by Crippen LogP contribution is 2.45. The smallest absolute Gasteiger partial charge is 0.0619 e. The van der Waals surface area contributed by atoms with Gasteiger partial charge in [0.15, 0.2) is 0 Å². The van der Waals surface area contributed by atoms with E-state index in [4.69, 9.17) is 0 Å². The Morgan fingerprint density at radius 1 is 0.333 bits per heavy atom. The van der Waals surface area contributed by atoms with Gasteiger partial charge in [-0.05, 0) is 99.1 Å². The van der Waals surface area contributed by atoms with Gasteiger partial charge in [0, 0.05) is 33.4 Å². The molecule has 2 nitrogen and oxygen atoms in total. The third-order valence-electron chi connectivity index (χ3n) is 10.5. The Kier molecular flexibility index (Phi) is 7.85. The van der Waals surface area contributed by atoms with E-state index in [1.54, 1.807) is 0 Å². The monoisotopic (exact) mass is 688 g/mol. The molecule has 2 heteroatoms. The van der Waals surface area contributed by atoms with Gasteiger partial charge in [0.05, 0.1) is 16.9 Å². The zero-order valence-electron chi connectivity index (χ0n) is 29.7. The summed E-state index contributed by atoms with van der Waals surface area (Å²) in [6.45, 7) is 0. The van der Waals surface area contributed by atoms with Gasteiger partial charge in [-0.15, -0.1) is 0 Å². The topological polar surface area (TPSA) is 8.17 Å². The van der Waals surface area contributed by atoms with Crippen LogP contribution in [0.2, 0.25) is 0 Å². The lowest BCUT2D eigenvalue weighted by Gasteiger charge is -2.27. The Morgan fingerprint density at radius 2 is 0.926 bits per heavy atom. The molecule has 0 radical (unpaired) electrons. The number of hydrogen-bond acceptors (Lipinski definition) is 1. The average Bonchev–Trinajstić information content (AvgIpc) is 3.59. The van der Waals surface area contributed by atoms with E-state index in [9.17, 15) is 0 Å². The van der Waals surface area contributed by atoms with Crippen molar-refractivity contribution < 1.29 is 0 Å². The van der Waals surface area contributed by atoms with Gasteiger partial charge in [-0.1, -0.05) is 158 Å². The average molecular weight is 689 g/mol. The zero-order chi connectivity index (χ0) is 35.8. The van der Waals surface area contributed by atoms with Crippen molar-refractivity contribution in [3.05, 3.63) is 218 Å². The van der Waals surface area contributed by atoms with Gasteiger partial charge < -0.3 is 9.47 Å². The maximum Gasteiger partial charge on any atom is 0.0619 e. The van der Waals surface area contributed by atoms with Crippen molar-refractivity contribution in [2.24, 2.45) is 0 Å². The number of rotatable bonds is 7. The normalized spacial score (nSPS) is 11.3. The quantitative estimate of drug-likeness (QED) is 0.162. The van der Waals surface area contributed by atoms with Crippen molar-refractivity contribution in [3.63, 3.8) is 0 Å². The molecule has 254 valence electrons. The van der Waals surface area contributed by atoms with Gasteiger partial charge in [-0.2, -0.15) is 0 Å². The fourth-order valence-corrected chi connectivity index (χ4v) is 8.04. The molecule has 10 aromatic rings. The molecule has 0 spiro atoms. The molecule has 9 aromatic carbocycles. The third kappa shape index (κ3) is 5.53. The van der Waals surface area contributed by atoms with Gasteiger partial charge in [0.25, 0.3) is 0 Å². The van der Waals surface area contributed by atoms with Crippen molar-refractivity contribution in [1.29, 1.82) is 0 Å². The van der Waals surface area contributed by atoms with E-state index < -0.39 is 0 Å². The minimum Gasteiger partial charge on any atom is -0.310 e. The van der Waals surface area contributed by atoms with Crippen LogP contribution in [-0.4, -0.2) is 4.57 Å². The molecule has 0 aliphatic carbocycles. The molecular weight excluding hydrogens is 653 g/mol. The van der Waals surface area contributed by atoms with Gasteiger partial charge >= 0.3 is 0 Å². The van der Waals surface area contributed by atoms with E-state index in [0.29, 0.717) is 0 Å². The van der Waals surface area contributed by atoms with Gasteiger partial charge in [-0.25, -0.2) is 0 Å². The predicted molar refractivity (Wildman–Crippen MR) is 229 cm³/mol. The predicted octanol–water partition coefficient (Wildman–Crippen LogP) is 14.4. The van der Waals surface area contributed by atoms with E-state index >= 15 is 0 Å². The largest absolute Gasteiger partial charge is 0.310 e. The summed E-state index contributed by atoms with van der Waals surface area (Å²) in [6, 6.07) is 78.8. The van der Waals surface area contributed by atoms with Crippen LogP contribution in [0.4, 0.5) is 17.1 Å². The number of fused-ring (bicyclic) bond motifs is 3. The van der Waals surface area contributed by atoms with Crippen LogP contribution in [0.5, 0.6) is 0 Å². The number of anilines is 3. The number of nitrogens with zero attached hydrogens (tertiary/aromatic N) is 2. The molecule has 10 rings (SSSR count). The van der Waals surface area contributed by atoms with Crippen LogP contribution < -0.4 is 4.90 Å². The first-order valence-electron chi connectivity index (χ1n) is 18.5. The number of benzene rings is 9. The minimum atomic E-state index is 1.13. The lowest BCUT2D eigenvalue weighted by molar-refractivity contribution is 1.13. The standard InChI is InChI=1S/C52H36N2/c1-5-17-38(18-6-1)51-48-36-43(31-33-50(48)54(45-24-11-4-12-25-45)52(51)39-19-7-2-8-20-39)40-28-29-42-35-46(32-30-41(42)34-40)53(44-22-9-3-10-23-44)49-27-15-21-37-16-13-14-26-47(37)49/h1-36H. The van der Waals surface area contributed by atoms with Crippen LogP contribution >= 0.6 is 0 Å². The van der Waals surface area contributed by atoms with Crippen molar-refractivity contribution >= 4 is 49.5 Å². The Labute approximate surface area is 315 Å². The first-order chi connectivity index (χ1) is 26.8. The summed E-state index contributed by atoms with van der Waals surface area (Å²) >= 11 is 0. The molecule has 0 aliphatic rings. The molecule has 0 amide bonds. The molecule has 0 fully saturated rings. The minimum absolute atomic E-state index is 1.13. The molecule has 0 bridgehead atoms. The second-order valence-electron chi connectivity index (χ2n) is 13.8. The molecule has 0 saturated heterocycles. The lowest BCUT2D eigenvalue weighted by Crippen LogP contribution is -2.10. The Bertz CT molecular complexity index is 2910. The SMILES string of the molecule is c1ccc(-c2c(-c3ccccc3)n(-c3ccccc3)c3ccc(-c4ccc5cc(N(c6ccccc6)c6cccc7ccccc67)ccc5c4)cc23)cc1. The van der Waals surface area contributed by atoms with Gasteiger partial charge in [0.2, 0.25) is 0 Å². The van der Waals surface area contributed by atoms with Crippen molar-refractivity contribution in [1.82, 2.24) is 4.57 Å².